The number of fused-ring (bicyclic) bond motifs is 1. The molecule has 1 heterocycles. The Morgan fingerprint density at radius 3 is 2.38 bits per heavy atom. The molecule has 0 radical (unpaired) electrons. The van der Waals surface area contributed by atoms with Crippen LogP contribution in [-0.4, -0.2) is 10.9 Å². The van der Waals surface area contributed by atoms with Crippen LogP contribution in [0.15, 0.2) is 78.9 Å². The number of pyridine rings is 1. The van der Waals surface area contributed by atoms with Crippen molar-refractivity contribution in [3.63, 3.8) is 0 Å². The summed E-state index contributed by atoms with van der Waals surface area (Å²) in [6, 6.07) is 24.5. The first-order chi connectivity index (χ1) is 14.0. The first-order valence-corrected chi connectivity index (χ1v) is 9.99. The van der Waals surface area contributed by atoms with Gasteiger partial charge in [-0.05, 0) is 36.8 Å². The maximum atomic E-state index is 13.2. The molecule has 3 nitrogen and oxygen atoms in total. The summed E-state index contributed by atoms with van der Waals surface area (Å²) in [6.45, 7) is 1.97. The number of halogens is 2. The molecule has 144 valence electrons. The van der Waals surface area contributed by atoms with Crippen LogP contribution in [0.1, 0.15) is 28.9 Å². The second kappa shape index (κ2) is 8.24. The number of para-hydroxylation sites is 1. The number of rotatable bonds is 4. The smallest absolute Gasteiger partial charge is 0.252 e. The molecule has 3 aromatic carbocycles. The molecule has 0 fully saturated rings. The summed E-state index contributed by atoms with van der Waals surface area (Å²) in [4.78, 5) is 17.9. The number of carbonyl (C=O) groups excluding carboxylic acids is 1. The summed E-state index contributed by atoms with van der Waals surface area (Å²) in [5, 5.41) is 4.81. The minimum Gasteiger partial charge on any atom is -0.345 e. The molecule has 1 unspecified atom stereocenters. The van der Waals surface area contributed by atoms with Crippen molar-refractivity contribution in [3.05, 3.63) is 100 Å². The van der Waals surface area contributed by atoms with Crippen molar-refractivity contribution in [2.45, 2.75) is 13.0 Å². The number of benzene rings is 3. The Morgan fingerprint density at radius 2 is 1.62 bits per heavy atom. The van der Waals surface area contributed by atoms with Crippen molar-refractivity contribution in [3.8, 4) is 11.3 Å². The summed E-state index contributed by atoms with van der Waals surface area (Å²) < 4.78 is 0. The standard InChI is InChI=1S/C24H18Cl2N2O/c1-15(16-7-3-2-4-8-16)27-24(29)19-14-23(17-11-12-20(25)21(26)13-17)28-22-10-6-5-9-18(19)22/h2-15H,1H3,(H,27,29). The van der Waals surface area contributed by atoms with Gasteiger partial charge in [0.15, 0.2) is 0 Å². The van der Waals surface area contributed by atoms with Gasteiger partial charge in [-0.15, -0.1) is 0 Å². The number of hydrogen-bond donors (Lipinski definition) is 1. The molecule has 1 aromatic heterocycles. The number of nitrogens with one attached hydrogen (secondary N) is 1. The van der Waals surface area contributed by atoms with Crippen molar-refractivity contribution in [1.82, 2.24) is 10.3 Å². The van der Waals surface area contributed by atoms with E-state index in [0.717, 1.165) is 22.0 Å². The van der Waals surface area contributed by atoms with Crippen LogP contribution in [-0.2, 0) is 0 Å². The minimum absolute atomic E-state index is 0.121. The molecular weight excluding hydrogens is 403 g/mol. The Labute approximate surface area is 179 Å². The maximum Gasteiger partial charge on any atom is 0.252 e. The average molecular weight is 421 g/mol. The van der Waals surface area contributed by atoms with E-state index in [2.05, 4.69) is 5.32 Å². The van der Waals surface area contributed by atoms with Crippen LogP contribution in [0, 0.1) is 0 Å². The Hall–Kier alpha value is -2.88. The zero-order valence-electron chi connectivity index (χ0n) is 15.7. The van der Waals surface area contributed by atoms with Gasteiger partial charge < -0.3 is 5.32 Å². The molecule has 0 aliphatic carbocycles. The Kier molecular flexibility index (Phi) is 5.52. The summed E-state index contributed by atoms with van der Waals surface area (Å²) in [5.74, 6) is -0.152. The van der Waals surface area contributed by atoms with Crippen LogP contribution in [0.25, 0.3) is 22.2 Å². The second-order valence-corrected chi connectivity index (χ2v) is 7.62. The summed E-state index contributed by atoms with van der Waals surface area (Å²) in [7, 11) is 0. The molecule has 1 N–H and O–H groups in total. The number of carbonyl (C=O) groups is 1. The zero-order chi connectivity index (χ0) is 20.4. The zero-order valence-corrected chi connectivity index (χ0v) is 17.2. The normalized spacial score (nSPS) is 12.0. The maximum absolute atomic E-state index is 13.2. The molecule has 0 saturated carbocycles. The van der Waals surface area contributed by atoms with Crippen molar-refractivity contribution in [1.29, 1.82) is 0 Å². The van der Waals surface area contributed by atoms with Crippen molar-refractivity contribution in [2.24, 2.45) is 0 Å². The number of hydrogen-bond acceptors (Lipinski definition) is 2. The lowest BCUT2D eigenvalue weighted by Crippen LogP contribution is -2.27. The van der Waals surface area contributed by atoms with Gasteiger partial charge in [-0.2, -0.15) is 0 Å². The van der Waals surface area contributed by atoms with Gasteiger partial charge in [-0.25, -0.2) is 4.98 Å². The van der Waals surface area contributed by atoms with Gasteiger partial charge in [0, 0.05) is 10.9 Å². The largest absolute Gasteiger partial charge is 0.345 e. The van der Waals surface area contributed by atoms with Gasteiger partial charge in [-0.1, -0.05) is 77.8 Å². The van der Waals surface area contributed by atoms with E-state index in [4.69, 9.17) is 28.2 Å². The first kappa shape index (κ1) is 19.4. The average Bonchev–Trinajstić information content (AvgIpc) is 2.75. The Morgan fingerprint density at radius 1 is 0.897 bits per heavy atom. The van der Waals surface area contributed by atoms with Gasteiger partial charge in [0.25, 0.3) is 5.91 Å². The second-order valence-electron chi connectivity index (χ2n) is 6.81. The monoisotopic (exact) mass is 420 g/mol. The summed E-state index contributed by atoms with van der Waals surface area (Å²) >= 11 is 12.2. The van der Waals surface area contributed by atoms with Crippen molar-refractivity contribution < 1.29 is 4.79 Å². The SMILES string of the molecule is CC(NC(=O)c1cc(-c2ccc(Cl)c(Cl)c2)nc2ccccc12)c1ccccc1. The lowest BCUT2D eigenvalue weighted by atomic mass is 10.0. The fraction of sp³-hybridized carbons (Fsp3) is 0.0833. The molecule has 0 saturated heterocycles. The molecule has 5 heteroatoms. The molecular formula is C24H18Cl2N2O. The highest BCUT2D eigenvalue weighted by Crippen LogP contribution is 2.30. The molecule has 0 aliphatic rings. The van der Waals surface area contributed by atoms with Gasteiger partial charge in [0.2, 0.25) is 0 Å². The molecule has 0 aliphatic heterocycles. The third-order valence-corrected chi connectivity index (χ3v) is 5.56. The van der Waals surface area contributed by atoms with E-state index in [1.54, 1.807) is 18.2 Å². The highest BCUT2D eigenvalue weighted by Gasteiger charge is 2.17. The first-order valence-electron chi connectivity index (χ1n) is 9.24. The van der Waals surface area contributed by atoms with Gasteiger partial charge >= 0.3 is 0 Å². The van der Waals surface area contributed by atoms with Crippen molar-refractivity contribution in [2.75, 3.05) is 0 Å². The van der Waals surface area contributed by atoms with E-state index in [9.17, 15) is 4.79 Å². The van der Waals surface area contributed by atoms with Crippen LogP contribution in [0.4, 0.5) is 0 Å². The Bertz CT molecular complexity index is 1190. The number of nitrogens with zero attached hydrogens (tertiary/aromatic N) is 1. The molecule has 1 atom stereocenters. The quantitative estimate of drug-likeness (QED) is 0.398. The number of amides is 1. The van der Waals surface area contributed by atoms with E-state index < -0.39 is 0 Å². The number of aromatic nitrogens is 1. The summed E-state index contributed by atoms with van der Waals surface area (Å²) in [6.07, 6.45) is 0. The van der Waals surface area contributed by atoms with Crippen LogP contribution < -0.4 is 5.32 Å². The van der Waals surface area contributed by atoms with E-state index in [-0.39, 0.29) is 11.9 Å². The van der Waals surface area contributed by atoms with E-state index in [1.165, 1.54) is 0 Å². The molecule has 1 amide bonds. The van der Waals surface area contributed by atoms with Crippen LogP contribution in [0.5, 0.6) is 0 Å². The van der Waals surface area contributed by atoms with E-state index in [0.29, 0.717) is 21.3 Å². The lowest BCUT2D eigenvalue weighted by molar-refractivity contribution is 0.0941. The van der Waals surface area contributed by atoms with Gasteiger partial charge in [-0.3, -0.25) is 4.79 Å². The highest BCUT2D eigenvalue weighted by molar-refractivity contribution is 6.42. The molecule has 4 aromatic rings. The molecule has 29 heavy (non-hydrogen) atoms. The van der Waals surface area contributed by atoms with Crippen LogP contribution >= 0.6 is 23.2 Å². The van der Waals surface area contributed by atoms with Crippen LogP contribution in [0.2, 0.25) is 10.0 Å². The topological polar surface area (TPSA) is 42.0 Å². The van der Waals surface area contributed by atoms with E-state index in [1.807, 2.05) is 67.6 Å². The predicted octanol–water partition coefficient (Wildman–Crippen LogP) is 6.70. The minimum atomic E-state index is -0.152. The lowest BCUT2D eigenvalue weighted by Gasteiger charge is -2.16. The van der Waals surface area contributed by atoms with Gasteiger partial charge in [0.1, 0.15) is 0 Å². The van der Waals surface area contributed by atoms with E-state index >= 15 is 0 Å². The highest BCUT2D eigenvalue weighted by atomic mass is 35.5. The molecule has 0 bridgehead atoms. The van der Waals surface area contributed by atoms with Gasteiger partial charge in [0.05, 0.1) is 32.9 Å². The molecule has 4 rings (SSSR count). The Balaban J connectivity index is 1.76. The summed E-state index contributed by atoms with van der Waals surface area (Å²) in [5.41, 5.74) is 3.83. The van der Waals surface area contributed by atoms with Crippen molar-refractivity contribution >= 4 is 40.0 Å². The third kappa shape index (κ3) is 4.12. The van der Waals surface area contributed by atoms with Crippen LogP contribution in [0.3, 0.4) is 0 Å². The fourth-order valence-corrected chi connectivity index (χ4v) is 3.56. The molecule has 0 spiro atoms. The predicted molar refractivity (Wildman–Crippen MR) is 120 cm³/mol. The fourth-order valence-electron chi connectivity index (χ4n) is 3.27. The third-order valence-electron chi connectivity index (χ3n) is 4.82.